The normalized spacial score (nSPS) is 13.0. The molecule has 3 aromatic rings. The second-order valence-corrected chi connectivity index (χ2v) is 8.18. The predicted molar refractivity (Wildman–Crippen MR) is 128 cm³/mol. The van der Waals surface area contributed by atoms with Crippen LogP contribution in [0, 0.1) is 11.3 Å². The molecular formula is C24H27N7O. The highest BCUT2D eigenvalue weighted by molar-refractivity contribution is 6.15. The Labute approximate surface area is 187 Å². The second kappa shape index (κ2) is 8.00. The number of nitrogen functional groups attached to an aromatic ring is 2. The monoisotopic (exact) mass is 429 g/mol. The predicted octanol–water partition coefficient (Wildman–Crippen LogP) is 3.86. The van der Waals surface area contributed by atoms with Crippen LogP contribution < -0.4 is 21.3 Å². The van der Waals surface area contributed by atoms with Gasteiger partial charge in [0.25, 0.3) is 0 Å². The number of benzene rings is 1. The molecular weight excluding hydrogens is 402 g/mol. The highest BCUT2D eigenvalue weighted by atomic mass is 16.2. The Balaban J connectivity index is 2.00. The SMILES string of the molecule is CCN(CC)c1nc(N)c2c(N)nc3c(c2c1C#N)CC(=O)N3c1ccc(C(C)C)cc1. The molecule has 164 valence electrons. The van der Waals surface area contributed by atoms with Crippen LogP contribution in [0.4, 0.5) is 29.0 Å². The molecule has 0 fully saturated rings. The first-order valence-corrected chi connectivity index (χ1v) is 10.8. The maximum atomic E-state index is 13.1. The van der Waals surface area contributed by atoms with Gasteiger partial charge in [0.2, 0.25) is 5.91 Å². The van der Waals surface area contributed by atoms with Crippen LogP contribution in [0.3, 0.4) is 0 Å². The molecule has 0 saturated heterocycles. The quantitative estimate of drug-likeness (QED) is 0.631. The molecule has 0 spiro atoms. The highest BCUT2D eigenvalue weighted by Gasteiger charge is 2.35. The topological polar surface area (TPSA) is 125 Å². The van der Waals surface area contributed by atoms with Crippen molar-refractivity contribution >= 4 is 45.6 Å². The molecule has 1 aromatic carbocycles. The molecule has 32 heavy (non-hydrogen) atoms. The molecule has 0 atom stereocenters. The van der Waals surface area contributed by atoms with E-state index in [1.165, 1.54) is 5.56 Å². The van der Waals surface area contributed by atoms with E-state index in [1.807, 2.05) is 43.0 Å². The van der Waals surface area contributed by atoms with Crippen LogP contribution in [0.15, 0.2) is 24.3 Å². The van der Waals surface area contributed by atoms with Crippen LogP contribution in [0.2, 0.25) is 0 Å². The van der Waals surface area contributed by atoms with E-state index in [0.717, 1.165) is 0 Å². The van der Waals surface area contributed by atoms with Crippen molar-refractivity contribution in [3.8, 4) is 6.07 Å². The van der Waals surface area contributed by atoms with Gasteiger partial charge >= 0.3 is 0 Å². The van der Waals surface area contributed by atoms with Crippen molar-refractivity contribution in [2.45, 2.75) is 40.0 Å². The molecule has 0 aliphatic carbocycles. The number of carbonyl (C=O) groups excluding carboxylic acids is 1. The summed E-state index contributed by atoms with van der Waals surface area (Å²) in [6.07, 6.45) is 0.112. The number of anilines is 5. The number of carbonyl (C=O) groups is 1. The van der Waals surface area contributed by atoms with E-state index in [9.17, 15) is 10.1 Å². The van der Waals surface area contributed by atoms with Gasteiger partial charge in [0.15, 0.2) is 0 Å². The third-order valence-corrected chi connectivity index (χ3v) is 6.04. The molecule has 1 amide bonds. The average Bonchev–Trinajstić information content (AvgIpc) is 3.10. The van der Waals surface area contributed by atoms with Gasteiger partial charge in [-0.25, -0.2) is 9.97 Å². The first-order chi connectivity index (χ1) is 15.3. The number of amides is 1. The summed E-state index contributed by atoms with van der Waals surface area (Å²) in [6, 6.07) is 10.1. The van der Waals surface area contributed by atoms with Crippen LogP contribution in [0.5, 0.6) is 0 Å². The fourth-order valence-electron chi connectivity index (χ4n) is 4.33. The van der Waals surface area contributed by atoms with Crippen LogP contribution in [0.25, 0.3) is 10.8 Å². The van der Waals surface area contributed by atoms with Crippen LogP contribution in [0.1, 0.15) is 50.3 Å². The molecule has 0 bridgehead atoms. The van der Waals surface area contributed by atoms with Crippen LogP contribution >= 0.6 is 0 Å². The molecule has 3 heterocycles. The van der Waals surface area contributed by atoms with E-state index in [1.54, 1.807) is 4.90 Å². The first-order valence-electron chi connectivity index (χ1n) is 10.8. The standard InChI is InChI=1S/C24H27N7O/c1-5-30(6-2)23-17(12-25)19-16-11-18(32)31(15-9-7-14(8-10-15)13(3)4)24(16)29-22(27)20(19)21(26)28-23/h7-10,13H,5-6,11H2,1-4H3,(H2,26,28)(H2,27,29). The Morgan fingerprint density at radius 1 is 1.09 bits per heavy atom. The van der Waals surface area contributed by atoms with Gasteiger partial charge in [-0.2, -0.15) is 5.26 Å². The van der Waals surface area contributed by atoms with Crippen molar-refractivity contribution in [2.24, 2.45) is 0 Å². The lowest BCUT2D eigenvalue weighted by Gasteiger charge is -2.23. The summed E-state index contributed by atoms with van der Waals surface area (Å²) >= 11 is 0. The third kappa shape index (κ3) is 3.17. The van der Waals surface area contributed by atoms with Crippen LogP contribution in [-0.2, 0) is 11.2 Å². The Morgan fingerprint density at radius 2 is 1.72 bits per heavy atom. The highest BCUT2D eigenvalue weighted by Crippen LogP contribution is 2.44. The van der Waals surface area contributed by atoms with E-state index in [0.29, 0.717) is 58.2 Å². The summed E-state index contributed by atoms with van der Waals surface area (Å²) in [4.78, 5) is 25.7. The minimum atomic E-state index is -0.125. The van der Waals surface area contributed by atoms with Gasteiger partial charge in [0.05, 0.1) is 17.5 Å². The van der Waals surface area contributed by atoms with E-state index in [2.05, 4.69) is 29.9 Å². The van der Waals surface area contributed by atoms with E-state index in [4.69, 9.17) is 11.5 Å². The third-order valence-electron chi connectivity index (χ3n) is 6.04. The van der Waals surface area contributed by atoms with Gasteiger partial charge < -0.3 is 16.4 Å². The number of hydrogen-bond acceptors (Lipinski definition) is 7. The first kappa shape index (κ1) is 21.4. The van der Waals surface area contributed by atoms with Crippen molar-refractivity contribution in [3.05, 3.63) is 41.0 Å². The van der Waals surface area contributed by atoms with Crippen molar-refractivity contribution in [1.29, 1.82) is 5.26 Å². The molecule has 0 unspecified atom stereocenters. The number of rotatable bonds is 5. The molecule has 0 saturated carbocycles. The van der Waals surface area contributed by atoms with Crippen molar-refractivity contribution in [2.75, 3.05) is 34.4 Å². The van der Waals surface area contributed by atoms with Crippen molar-refractivity contribution < 1.29 is 4.79 Å². The molecule has 4 rings (SSSR count). The van der Waals surface area contributed by atoms with Gasteiger partial charge in [-0.3, -0.25) is 9.69 Å². The average molecular weight is 430 g/mol. The Morgan fingerprint density at radius 3 is 2.28 bits per heavy atom. The summed E-state index contributed by atoms with van der Waals surface area (Å²) in [6.45, 7) is 9.55. The van der Waals surface area contributed by atoms with Crippen molar-refractivity contribution in [3.63, 3.8) is 0 Å². The molecule has 0 radical (unpaired) electrons. The van der Waals surface area contributed by atoms with Gasteiger partial charge in [0.1, 0.15) is 34.9 Å². The fraction of sp³-hybridized carbons (Fsp3) is 0.333. The minimum Gasteiger partial charge on any atom is -0.383 e. The lowest BCUT2D eigenvalue weighted by molar-refractivity contribution is -0.116. The smallest absolute Gasteiger partial charge is 0.237 e. The number of nitrogens with zero attached hydrogens (tertiary/aromatic N) is 5. The molecule has 1 aliphatic heterocycles. The van der Waals surface area contributed by atoms with E-state index < -0.39 is 0 Å². The molecule has 1 aliphatic rings. The second-order valence-electron chi connectivity index (χ2n) is 8.18. The molecule has 8 nitrogen and oxygen atoms in total. The van der Waals surface area contributed by atoms with Gasteiger partial charge in [-0.05, 0) is 37.5 Å². The number of aromatic nitrogens is 2. The zero-order valence-corrected chi connectivity index (χ0v) is 18.8. The maximum Gasteiger partial charge on any atom is 0.237 e. The maximum absolute atomic E-state index is 13.1. The summed E-state index contributed by atoms with van der Waals surface area (Å²) in [5, 5.41) is 11.1. The van der Waals surface area contributed by atoms with Gasteiger partial charge in [-0.1, -0.05) is 26.0 Å². The Bertz CT molecular complexity index is 1250. The molecule has 4 N–H and O–H groups in total. The summed E-state index contributed by atoms with van der Waals surface area (Å²) in [5.74, 6) is 1.58. The summed E-state index contributed by atoms with van der Waals surface area (Å²) in [7, 11) is 0. The Kier molecular flexibility index (Phi) is 5.35. The van der Waals surface area contributed by atoms with Gasteiger partial charge in [0, 0.05) is 24.0 Å². The Hall–Kier alpha value is -3.86. The fourth-order valence-corrected chi connectivity index (χ4v) is 4.33. The van der Waals surface area contributed by atoms with E-state index >= 15 is 0 Å². The number of pyridine rings is 2. The lowest BCUT2D eigenvalue weighted by Crippen LogP contribution is -2.25. The molecule has 8 heteroatoms. The lowest BCUT2D eigenvalue weighted by atomic mass is 10.0. The largest absolute Gasteiger partial charge is 0.383 e. The number of hydrogen-bond donors (Lipinski definition) is 2. The number of nitriles is 1. The number of nitrogens with two attached hydrogens (primary N) is 2. The van der Waals surface area contributed by atoms with Crippen LogP contribution in [-0.4, -0.2) is 29.0 Å². The molecule has 2 aromatic heterocycles. The zero-order valence-electron chi connectivity index (χ0n) is 18.8. The minimum absolute atomic E-state index is 0.112. The zero-order chi connectivity index (χ0) is 23.2. The van der Waals surface area contributed by atoms with E-state index in [-0.39, 0.29) is 24.0 Å². The van der Waals surface area contributed by atoms with Gasteiger partial charge in [-0.15, -0.1) is 0 Å². The number of fused-ring (bicyclic) bond motifs is 3. The summed E-state index contributed by atoms with van der Waals surface area (Å²) < 4.78 is 0. The summed E-state index contributed by atoms with van der Waals surface area (Å²) in [5.41, 5.74) is 15.5. The van der Waals surface area contributed by atoms with Crippen molar-refractivity contribution in [1.82, 2.24) is 9.97 Å².